The number of amides is 1. The predicted molar refractivity (Wildman–Crippen MR) is 61.4 cm³/mol. The highest BCUT2D eigenvalue weighted by molar-refractivity contribution is 6.31. The van der Waals surface area contributed by atoms with Gasteiger partial charge in [0, 0.05) is 26.2 Å². The molecule has 5 nitrogen and oxygen atoms in total. The molecule has 1 N–H and O–H groups in total. The van der Waals surface area contributed by atoms with E-state index in [1.54, 1.807) is 10.9 Å². The Morgan fingerprint density at radius 3 is 2.81 bits per heavy atom. The smallest absolute Gasteiger partial charge is 0.244 e. The number of rotatable bonds is 2. The van der Waals surface area contributed by atoms with Crippen molar-refractivity contribution in [1.82, 2.24) is 20.0 Å². The first kappa shape index (κ1) is 11.4. The van der Waals surface area contributed by atoms with Gasteiger partial charge in [-0.3, -0.25) is 9.48 Å². The average Bonchev–Trinajstić information content (AvgIpc) is 2.62. The molecule has 1 saturated heterocycles. The van der Waals surface area contributed by atoms with Gasteiger partial charge in [0.15, 0.2) is 0 Å². The first-order valence-corrected chi connectivity index (χ1v) is 5.72. The largest absolute Gasteiger partial charge is 0.339 e. The highest BCUT2D eigenvalue weighted by Gasteiger charge is 2.17. The maximum atomic E-state index is 11.9. The monoisotopic (exact) mass is 242 g/mol. The molecule has 1 aliphatic heterocycles. The van der Waals surface area contributed by atoms with Crippen molar-refractivity contribution in [3.63, 3.8) is 0 Å². The zero-order chi connectivity index (χ0) is 11.5. The molecule has 6 heteroatoms. The van der Waals surface area contributed by atoms with E-state index in [1.807, 2.05) is 11.8 Å². The number of piperazine rings is 1. The fourth-order valence-corrected chi connectivity index (χ4v) is 1.87. The van der Waals surface area contributed by atoms with Crippen LogP contribution in [0.4, 0.5) is 0 Å². The minimum absolute atomic E-state index is 0.101. The van der Waals surface area contributed by atoms with E-state index in [0.717, 1.165) is 31.9 Å². The molecule has 2 rings (SSSR count). The predicted octanol–water partition coefficient (Wildman–Crippen LogP) is 0.277. The van der Waals surface area contributed by atoms with Crippen molar-refractivity contribution in [2.75, 3.05) is 26.2 Å². The molecule has 1 amide bonds. The summed E-state index contributed by atoms with van der Waals surface area (Å²) in [6.45, 7) is 5.41. The van der Waals surface area contributed by atoms with Gasteiger partial charge in [-0.15, -0.1) is 0 Å². The summed E-state index contributed by atoms with van der Waals surface area (Å²) < 4.78 is 1.65. The van der Waals surface area contributed by atoms with Gasteiger partial charge >= 0.3 is 0 Å². The van der Waals surface area contributed by atoms with Crippen molar-refractivity contribution in [2.24, 2.45) is 0 Å². The maximum Gasteiger partial charge on any atom is 0.244 e. The van der Waals surface area contributed by atoms with Gasteiger partial charge < -0.3 is 10.2 Å². The molecule has 1 aromatic heterocycles. The van der Waals surface area contributed by atoms with Crippen LogP contribution in [-0.2, 0) is 11.3 Å². The summed E-state index contributed by atoms with van der Waals surface area (Å²) in [5.41, 5.74) is 0.838. The first-order valence-electron chi connectivity index (χ1n) is 5.35. The Kier molecular flexibility index (Phi) is 3.46. The van der Waals surface area contributed by atoms with E-state index in [-0.39, 0.29) is 12.5 Å². The molecule has 0 spiro atoms. The number of hydrogen-bond acceptors (Lipinski definition) is 3. The van der Waals surface area contributed by atoms with Crippen LogP contribution in [0.15, 0.2) is 6.20 Å². The summed E-state index contributed by atoms with van der Waals surface area (Å²) >= 11 is 5.88. The fraction of sp³-hybridized carbons (Fsp3) is 0.600. The van der Waals surface area contributed by atoms with Gasteiger partial charge in [-0.25, -0.2) is 0 Å². The van der Waals surface area contributed by atoms with Crippen LogP contribution in [0.1, 0.15) is 5.69 Å². The van der Waals surface area contributed by atoms with Crippen LogP contribution in [0.5, 0.6) is 0 Å². The molecule has 2 heterocycles. The zero-order valence-corrected chi connectivity index (χ0v) is 10.00. The molecular weight excluding hydrogens is 228 g/mol. The van der Waals surface area contributed by atoms with Gasteiger partial charge in [0.2, 0.25) is 5.91 Å². The molecular formula is C10H15ClN4O. The lowest BCUT2D eigenvalue weighted by Gasteiger charge is -2.27. The summed E-state index contributed by atoms with van der Waals surface area (Å²) in [7, 11) is 0. The van der Waals surface area contributed by atoms with Crippen molar-refractivity contribution in [3.8, 4) is 0 Å². The van der Waals surface area contributed by atoms with E-state index in [9.17, 15) is 4.79 Å². The zero-order valence-electron chi connectivity index (χ0n) is 9.24. The number of hydrogen-bond donors (Lipinski definition) is 1. The Morgan fingerprint density at radius 1 is 1.56 bits per heavy atom. The van der Waals surface area contributed by atoms with Crippen molar-refractivity contribution < 1.29 is 4.79 Å². The molecule has 1 aromatic rings. The number of carbonyl (C=O) groups is 1. The van der Waals surface area contributed by atoms with Crippen LogP contribution in [0.2, 0.25) is 5.02 Å². The standard InChI is InChI=1S/C10H15ClN4O/c1-8-9(11)6-13-15(8)7-10(16)14-4-2-12-3-5-14/h6,12H,2-5,7H2,1H3. The quantitative estimate of drug-likeness (QED) is 0.811. The summed E-state index contributed by atoms with van der Waals surface area (Å²) in [5, 5.41) is 7.89. The third kappa shape index (κ3) is 2.36. The molecule has 0 saturated carbocycles. The minimum Gasteiger partial charge on any atom is -0.339 e. The Bertz CT molecular complexity index is 384. The number of nitrogens with one attached hydrogen (secondary N) is 1. The lowest BCUT2D eigenvalue weighted by Crippen LogP contribution is -2.47. The molecule has 0 aromatic carbocycles. The third-order valence-corrected chi connectivity index (χ3v) is 3.17. The van der Waals surface area contributed by atoms with Gasteiger partial charge in [-0.1, -0.05) is 11.6 Å². The van der Waals surface area contributed by atoms with E-state index in [0.29, 0.717) is 5.02 Å². The second-order valence-electron chi connectivity index (χ2n) is 3.87. The van der Waals surface area contributed by atoms with Crippen molar-refractivity contribution in [3.05, 3.63) is 16.9 Å². The second-order valence-corrected chi connectivity index (χ2v) is 4.27. The molecule has 1 aliphatic rings. The maximum absolute atomic E-state index is 11.9. The van der Waals surface area contributed by atoms with Gasteiger partial charge in [0.1, 0.15) is 6.54 Å². The molecule has 16 heavy (non-hydrogen) atoms. The number of halogens is 1. The summed E-state index contributed by atoms with van der Waals surface area (Å²) in [6, 6.07) is 0. The fourth-order valence-electron chi connectivity index (χ4n) is 1.73. The Hall–Kier alpha value is -1.07. The first-order chi connectivity index (χ1) is 7.68. The summed E-state index contributed by atoms with van der Waals surface area (Å²) in [6.07, 6.45) is 1.57. The van der Waals surface area contributed by atoms with Gasteiger partial charge in [-0.05, 0) is 6.92 Å². The van der Waals surface area contributed by atoms with Crippen LogP contribution in [-0.4, -0.2) is 46.8 Å². The lowest BCUT2D eigenvalue weighted by atomic mass is 10.3. The van der Waals surface area contributed by atoms with E-state index in [1.165, 1.54) is 0 Å². The third-order valence-electron chi connectivity index (χ3n) is 2.80. The van der Waals surface area contributed by atoms with E-state index in [4.69, 9.17) is 11.6 Å². The minimum atomic E-state index is 0.101. The van der Waals surface area contributed by atoms with Crippen LogP contribution in [0.3, 0.4) is 0 Å². The average molecular weight is 243 g/mol. The molecule has 0 aliphatic carbocycles. The Balaban J connectivity index is 1.98. The Morgan fingerprint density at radius 2 is 2.25 bits per heavy atom. The van der Waals surface area contributed by atoms with Crippen LogP contribution in [0, 0.1) is 6.92 Å². The molecule has 88 valence electrons. The molecule has 0 radical (unpaired) electrons. The summed E-state index contributed by atoms with van der Waals surface area (Å²) in [5.74, 6) is 0.101. The molecule has 1 fully saturated rings. The normalized spacial score (nSPS) is 16.5. The molecule has 0 unspecified atom stereocenters. The Labute approximate surface area is 99.4 Å². The lowest BCUT2D eigenvalue weighted by molar-refractivity contribution is -0.132. The van der Waals surface area contributed by atoms with Crippen molar-refractivity contribution >= 4 is 17.5 Å². The van der Waals surface area contributed by atoms with E-state index >= 15 is 0 Å². The molecule has 0 atom stereocenters. The van der Waals surface area contributed by atoms with Crippen LogP contribution in [0.25, 0.3) is 0 Å². The molecule has 0 bridgehead atoms. The number of nitrogens with zero attached hydrogens (tertiary/aromatic N) is 3. The topological polar surface area (TPSA) is 50.2 Å². The van der Waals surface area contributed by atoms with Crippen LogP contribution >= 0.6 is 11.6 Å². The van der Waals surface area contributed by atoms with Crippen molar-refractivity contribution in [1.29, 1.82) is 0 Å². The van der Waals surface area contributed by atoms with Gasteiger partial charge in [-0.2, -0.15) is 5.10 Å². The SMILES string of the molecule is Cc1c(Cl)cnn1CC(=O)N1CCNCC1. The van der Waals surface area contributed by atoms with Gasteiger partial charge in [0.05, 0.1) is 16.9 Å². The second kappa shape index (κ2) is 4.84. The number of aromatic nitrogens is 2. The highest BCUT2D eigenvalue weighted by Crippen LogP contribution is 2.13. The van der Waals surface area contributed by atoms with E-state index in [2.05, 4.69) is 10.4 Å². The van der Waals surface area contributed by atoms with E-state index < -0.39 is 0 Å². The summed E-state index contributed by atoms with van der Waals surface area (Å²) in [4.78, 5) is 13.8. The van der Waals surface area contributed by atoms with Crippen molar-refractivity contribution in [2.45, 2.75) is 13.5 Å². The van der Waals surface area contributed by atoms with Gasteiger partial charge in [0.25, 0.3) is 0 Å². The number of carbonyl (C=O) groups excluding carboxylic acids is 1. The van der Waals surface area contributed by atoms with Crippen LogP contribution < -0.4 is 5.32 Å². The highest BCUT2D eigenvalue weighted by atomic mass is 35.5.